The first-order valence-corrected chi connectivity index (χ1v) is 9.50. The lowest BCUT2D eigenvalue weighted by Crippen LogP contribution is -2.15. The fourth-order valence-corrected chi connectivity index (χ4v) is 3.24. The second kappa shape index (κ2) is 8.62. The monoisotopic (exact) mass is 394 g/mol. The quantitative estimate of drug-likeness (QED) is 0.288. The molecular formula is C20H18N4O3S. The Morgan fingerprint density at radius 2 is 1.86 bits per heavy atom. The molecule has 0 aliphatic heterocycles. The zero-order valence-electron chi connectivity index (χ0n) is 15.4. The predicted molar refractivity (Wildman–Crippen MR) is 109 cm³/mol. The normalized spacial score (nSPS) is 10.5. The molecule has 0 radical (unpaired) electrons. The highest BCUT2D eigenvalue weighted by molar-refractivity contribution is 7.99. The zero-order valence-corrected chi connectivity index (χ0v) is 16.2. The summed E-state index contributed by atoms with van der Waals surface area (Å²) in [4.78, 5) is 31.6. The molecule has 0 atom stereocenters. The van der Waals surface area contributed by atoms with Crippen LogP contribution in [0, 0.1) is 24.0 Å². The molecule has 0 spiro atoms. The van der Waals surface area contributed by atoms with Crippen molar-refractivity contribution >= 4 is 29.0 Å². The lowest BCUT2D eigenvalue weighted by molar-refractivity contribution is -0.384. The molecule has 0 aliphatic carbocycles. The minimum atomic E-state index is -0.491. The van der Waals surface area contributed by atoms with Crippen molar-refractivity contribution in [1.82, 2.24) is 9.97 Å². The Morgan fingerprint density at radius 3 is 2.57 bits per heavy atom. The largest absolute Gasteiger partial charge is 0.325 e. The summed E-state index contributed by atoms with van der Waals surface area (Å²) in [6.07, 6.45) is 0. The van der Waals surface area contributed by atoms with E-state index in [1.807, 2.05) is 43.3 Å². The summed E-state index contributed by atoms with van der Waals surface area (Å²) in [5.74, 6) is -0.181. The van der Waals surface area contributed by atoms with E-state index in [2.05, 4.69) is 15.3 Å². The van der Waals surface area contributed by atoms with E-state index >= 15 is 0 Å². The van der Waals surface area contributed by atoms with Crippen LogP contribution in [-0.2, 0) is 4.79 Å². The number of non-ortho nitro benzene ring substituents is 1. The van der Waals surface area contributed by atoms with Crippen LogP contribution in [0.25, 0.3) is 11.3 Å². The molecule has 1 aromatic heterocycles. The Morgan fingerprint density at radius 1 is 1.11 bits per heavy atom. The number of nitrogens with zero attached hydrogens (tertiary/aromatic N) is 3. The van der Waals surface area contributed by atoms with Crippen molar-refractivity contribution in [2.45, 2.75) is 19.0 Å². The average Bonchev–Trinajstić information content (AvgIpc) is 2.68. The highest BCUT2D eigenvalue weighted by Gasteiger charge is 2.12. The van der Waals surface area contributed by atoms with Gasteiger partial charge in [0.2, 0.25) is 5.91 Å². The molecule has 0 unspecified atom stereocenters. The van der Waals surface area contributed by atoms with Gasteiger partial charge in [0.15, 0.2) is 5.16 Å². The summed E-state index contributed by atoms with van der Waals surface area (Å²) in [6.45, 7) is 3.66. The fourth-order valence-electron chi connectivity index (χ4n) is 2.54. The third-order valence-corrected chi connectivity index (χ3v) is 4.79. The van der Waals surface area contributed by atoms with Gasteiger partial charge in [-0.3, -0.25) is 14.9 Å². The Balaban J connectivity index is 1.69. The minimum Gasteiger partial charge on any atom is -0.325 e. The molecule has 1 N–H and O–H groups in total. The number of rotatable bonds is 6. The van der Waals surface area contributed by atoms with Gasteiger partial charge in [-0.25, -0.2) is 9.97 Å². The van der Waals surface area contributed by atoms with Crippen LogP contribution in [0.1, 0.15) is 11.3 Å². The first-order valence-electron chi connectivity index (χ1n) is 8.51. The average molecular weight is 394 g/mol. The fraction of sp³-hybridized carbons (Fsp3) is 0.150. The van der Waals surface area contributed by atoms with Gasteiger partial charge in [0.25, 0.3) is 5.69 Å². The van der Waals surface area contributed by atoms with Gasteiger partial charge in [0, 0.05) is 23.4 Å². The maximum absolute atomic E-state index is 12.3. The maximum atomic E-state index is 12.3. The van der Waals surface area contributed by atoms with Crippen LogP contribution in [0.15, 0.2) is 59.8 Å². The number of hydrogen-bond acceptors (Lipinski definition) is 6. The van der Waals surface area contributed by atoms with Crippen molar-refractivity contribution in [2.75, 3.05) is 11.1 Å². The van der Waals surface area contributed by atoms with Crippen molar-refractivity contribution in [2.24, 2.45) is 0 Å². The number of thioether (sulfide) groups is 1. The molecule has 142 valence electrons. The molecule has 0 saturated heterocycles. The van der Waals surface area contributed by atoms with Crippen molar-refractivity contribution < 1.29 is 9.72 Å². The SMILES string of the molecule is Cc1cc(-c2ccccc2)nc(SCC(=O)Nc2cc([N+](=O)[O-])ccc2C)n1. The lowest BCUT2D eigenvalue weighted by atomic mass is 10.1. The summed E-state index contributed by atoms with van der Waals surface area (Å²) in [5.41, 5.74) is 3.70. The molecule has 3 rings (SSSR count). The number of aromatic nitrogens is 2. The lowest BCUT2D eigenvalue weighted by Gasteiger charge is -2.09. The summed E-state index contributed by atoms with van der Waals surface area (Å²) in [7, 11) is 0. The predicted octanol–water partition coefficient (Wildman–Crippen LogP) is 4.40. The van der Waals surface area contributed by atoms with Crippen molar-refractivity contribution in [3.8, 4) is 11.3 Å². The third kappa shape index (κ3) is 4.92. The Bertz CT molecular complexity index is 1030. The molecule has 0 saturated carbocycles. The molecule has 3 aromatic rings. The number of carbonyl (C=O) groups excluding carboxylic acids is 1. The van der Waals surface area contributed by atoms with Gasteiger partial charge in [-0.15, -0.1) is 0 Å². The van der Waals surface area contributed by atoms with Crippen molar-refractivity contribution in [1.29, 1.82) is 0 Å². The number of nitrogens with one attached hydrogen (secondary N) is 1. The molecule has 1 heterocycles. The van der Waals surface area contributed by atoms with Gasteiger partial charge in [0.1, 0.15) is 0 Å². The second-order valence-corrected chi connectivity index (χ2v) is 7.08. The van der Waals surface area contributed by atoms with E-state index in [-0.39, 0.29) is 17.3 Å². The van der Waals surface area contributed by atoms with E-state index in [9.17, 15) is 14.9 Å². The van der Waals surface area contributed by atoms with Gasteiger partial charge in [-0.1, -0.05) is 48.2 Å². The molecule has 0 aliphatic rings. The standard InChI is InChI=1S/C20H18N4O3S/c1-13-8-9-16(24(26)27)11-17(13)22-19(25)12-28-20-21-14(2)10-18(23-20)15-6-4-3-5-7-15/h3-11H,12H2,1-2H3,(H,22,25). The van der Waals surface area contributed by atoms with Crippen molar-refractivity contribution in [3.63, 3.8) is 0 Å². The van der Waals surface area contributed by atoms with E-state index in [0.717, 1.165) is 22.5 Å². The summed E-state index contributed by atoms with van der Waals surface area (Å²) < 4.78 is 0. The van der Waals surface area contributed by atoms with Crippen molar-refractivity contribution in [3.05, 3.63) is 76.0 Å². The van der Waals surface area contributed by atoms with Crippen LogP contribution in [-0.4, -0.2) is 26.6 Å². The van der Waals surface area contributed by atoms with Gasteiger partial charge < -0.3 is 5.32 Å². The number of hydrogen-bond donors (Lipinski definition) is 1. The van der Waals surface area contributed by atoms with Gasteiger partial charge >= 0.3 is 0 Å². The van der Waals surface area contributed by atoms with E-state index in [1.165, 1.54) is 23.9 Å². The molecule has 7 nitrogen and oxygen atoms in total. The van der Waals surface area contributed by atoms with Gasteiger partial charge in [-0.2, -0.15) is 0 Å². The summed E-state index contributed by atoms with van der Waals surface area (Å²) >= 11 is 1.22. The van der Waals surface area contributed by atoms with Crippen LogP contribution in [0.2, 0.25) is 0 Å². The third-order valence-electron chi connectivity index (χ3n) is 3.94. The second-order valence-electron chi connectivity index (χ2n) is 6.14. The summed E-state index contributed by atoms with van der Waals surface area (Å²) in [6, 6.07) is 16.0. The Labute approximate surface area is 166 Å². The zero-order chi connectivity index (χ0) is 20.1. The number of benzene rings is 2. The molecule has 28 heavy (non-hydrogen) atoms. The number of carbonyl (C=O) groups is 1. The van der Waals surface area contributed by atoms with E-state index in [0.29, 0.717) is 10.8 Å². The number of amides is 1. The Hall–Kier alpha value is -3.26. The first kappa shape index (κ1) is 19.5. The smallest absolute Gasteiger partial charge is 0.271 e. The Kier molecular flexibility index (Phi) is 6.00. The highest BCUT2D eigenvalue weighted by atomic mass is 32.2. The molecule has 0 fully saturated rings. The number of aryl methyl sites for hydroxylation is 2. The summed E-state index contributed by atoms with van der Waals surface area (Å²) in [5, 5.41) is 14.1. The molecular weight excluding hydrogens is 376 g/mol. The first-order chi connectivity index (χ1) is 13.4. The number of nitro groups is 1. The maximum Gasteiger partial charge on any atom is 0.271 e. The van der Waals surface area contributed by atoms with E-state index < -0.39 is 4.92 Å². The molecule has 8 heteroatoms. The number of anilines is 1. The molecule has 2 aromatic carbocycles. The van der Waals surface area contributed by atoms with E-state index in [4.69, 9.17) is 0 Å². The molecule has 1 amide bonds. The molecule has 0 bridgehead atoms. The van der Waals surface area contributed by atoms with Gasteiger partial charge in [0.05, 0.1) is 22.1 Å². The minimum absolute atomic E-state index is 0.0666. The van der Waals surface area contributed by atoms with Crippen LogP contribution >= 0.6 is 11.8 Å². The van der Waals surface area contributed by atoms with Gasteiger partial charge in [-0.05, 0) is 25.5 Å². The van der Waals surface area contributed by atoms with Crippen LogP contribution in [0.3, 0.4) is 0 Å². The van der Waals surface area contributed by atoms with Crippen LogP contribution in [0.5, 0.6) is 0 Å². The van der Waals surface area contributed by atoms with Crippen LogP contribution in [0.4, 0.5) is 11.4 Å². The highest BCUT2D eigenvalue weighted by Crippen LogP contribution is 2.24. The number of nitro benzene ring substituents is 1. The van der Waals surface area contributed by atoms with Crippen LogP contribution < -0.4 is 5.32 Å². The van der Waals surface area contributed by atoms with E-state index in [1.54, 1.807) is 13.0 Å². The topological polar surface area (TPSA) is 98.0 Å².